The molecule has 0 aliphatic rings. The van der Waals surface area contributed by atoms with Gasteiger partial charge in [-0.3, -0.25) is 0 Å². The summed E-state index contributed by atoms with van der Waals surface area (Å²) in [5, 5.41) is 3.36. The molecule has 0 N–H and O–H groups in total. The van der Waals surface area contributed by atoms with Gasteiger partial charge in [0.25, 0.3) is 0 Å². The molecule has 4 nitrogen and oxygen atoms in total. The molecule has 1 aromatic heterocycles. The van der Waals surface area contributed by atoms with Crippen LogP contribution in [0.2, 0.25) is 0 Å². The van der Waals surface area contributed by atoms with Gasteiger partial charge < -0.3 is 4.52 Å². The third kappa shape index (κ3) is 2.36. The predicted molar refractivity (Wildman–Crippen MR) is 35.0 cm³/mol. The van der Waals surface area contributed by atoms with Crippen LogP contribution in [0.1, 0.15) is 5.69 Å². The summed E-state index contributed by atoms with van der Waals surface area (Å²) < 4.78 is 25.2. The molecule has 0 saturated carbocycles. The van der Waals surface area contributed by atoms with E-state index in [4.69, 9.17) is 10.7 Å². The normalized spacial score (nSPS) is 11.7. The predicted octanol–water partition coefficient (Wildman–Crippen LogP) is 0.743. The Hall–Kier alpha value is -0.550. The van der Waals surface area contributed by atoms with Gasteiger partial charge in [-0.1, -0.05) is 5.16 Å². The van der Waals surface area contributed by atoms with Gasteiger partial charge >= 0.3 is 0 Å². The van der Waals surface area contributed by atoms with Gasteiger partial charge in [-0.15, -0.1) is 0 Å². The summed E-state index contributed by atoms with van der Waals surface area (Å²) in [5.41, 5.74) is 0.315. The van der Waals surface area contributed by atoms with Crippen molar-refractivity contribution in [2.45, 2.75) is 5.75 Å². The first kappa shape index (κ1) is 7.56. The molecule has 0 bridgehead atoms. The smallest absolute Gasteiger partial charge is 0.238 e. The average Bonchev–Trinajstić information content (AvgIpc) is 2.12. The number of nitrogens with zero attached hydrogens (tertiary/aromatic N) is 1. The van der Waals surface area contributed by atoms with Crippen LogP contribution in [-0.2, 0) is 14.8 Å². The van der Waals surface area contributed by atoms with E-state index in [0.29, 0.717) is 5.69 Å². The molecule has 0 spiro atoms. The van der Waals surface area contributed by atoms with Crippen LogP contribution in [0.25, 0.3) is 0 Å². The van der Waals surface area contributed by atoms with Crippen molar-refractivity contribution >= 4 is 19.7 Å². The minimum atomic E-state index is -3.50. The molecule has 0 atom stereocenters. The first-order valence-electron chi connectivity index (χ1n) is 2.39. The quantitative estimate of drug-likeness (QED) is 0.632. The van der Waals surface area contributed by atoms with Gasteiger partial charge in [0.15, 0.2) is 0 Å². The highest BCUT2D eigenvalue weighted by molar-refractivity contribution is 8.13. The lowest BCUT2D eigenvalue weighted by Crippen LogP contribution is -1.94. The van der Waals surface area contributed by atoms with Crippen molar-refractivity contribution in [3.63, 3.8) is 0 Å². The Kier molecular flexibility index (Phi) is 1.96. The number of aromatic nitrogens is 1. The molecule has 0 saturated heterocycles. The van der Waals surface area contributed by atoms with Crippen LogP contribution in [0.15, 0.2) is 16.9 Å². The van der Waals surface area contributed by atoms with Crippen LogP contribution in [0.5, 0.6) is 0 Å². The molecule has 0 aromatic carbocycles. The Morgan fingerprint density at radius 3 is 2.80 bits per heavy atom. The summed E-state index contributed by atoms with van der Waals surface area (Å²) in [5.74, 6) is -0.287. The highest BCUT2D eigenvalue weighted by Gasteiger charge is 2.08. The maximum Gasteiger partial charge on any atom is 0.238 e. The number of rotatable bonds is 2. The van der Waals surface area contributed by atoms with Crippen molar-refractivity contribution in [1.82, 2.24) is 5.16 Å². The molecule has 0 aliphatic heterocycles. The van der Waals surface area contributed by atoms with Gasteiger partial charge in [0.1, 0.15) is 12.0 Å². The molecular formula is C4H4ClNO3S. The minimum Gasteiger partial charge on any atom is -0.364 e. The molecule has 0 fully saturated rings. The standard InChI is InChI=1S/C4H4ClNO3S/c5-10(7,8)3-4-1-2-9-6-4/h1-2H,3H2. The lowest BCUT2D eigenvalue weighted by atomic mass is 10.5. The topological polar surface area (TPSA) is 60.2 Å². The van der Waals surface area contributed by atoms with Crippen LogP contribution in [0.3, 0.4) is 0 Å². The second-order valence-electron chi connectivity index (χ2n) is 1.67. The first-order valence-corrected chi connectivity index (χ1v) is 4.87. The van der Waals surface area contributed by atoms with Crippen LogP contribution in [0.4, 0.5) is 0 Å². The first-order chi connectivity index (χ1) is 4.58. The van der Waals surface area contributed by atoms with E-state index < -0.39 is 9.05 Å². The fourth-order valence-electron chi connectivity index (χ4n) is 0.489. The number of hydrogen-bond acceptors (Lipinski definition) is 4. The van der Waals surface area contributed by atoms with Crippen LogP contribution < -0.4 is 0 Å². The van der Waals surface area contributed by atoms with Gasteiger partial charge in [-0.2, -0.15) is 0 Å². The number of hydrogen-bond donors (Lipinski definition) is 0. The Balaban J connectivity index is 2.75. The molecule has 0 amide bonds. The highest BCUT2D eigenvalue weighted by atomic mass is 35.7. The Labute approximate surface area is 62.2 Å². The lowest BCUT2D eigenvalue weighted by Gasteiger charge is -1.86. The summed E-state index contributed by atoms with van der Waals surface area (Å²) in [6.07, 6.45) is 1.29. The third-order valence-corrected chi connectivity index (χ3v) is 1.78. The van der Waals surface area contributed by atoms with E-state index in [9.17, 15) is 8.42 Å². The van der Waals surface area contributed by atoms with Gasteiger partial charge in [0, 0.05) is 16.7 Å². The van der Waals surface area contributed by atoms with E-state index in [-0.39, 0.29) is 5.75 Å². The molecule has 0 unspecified atom stereocenters. The highest BCUT2D eigenvalue weighted by Crippen LogP contribution is 2.05. The van der Waals surface area contributed by atoms with Gasteiger partial charge in [-0.25, -0.2) is 8.42 Å². The van der Waals surface area contributed by atoms with Crippen LogP contribution >= 0.6 is 10.7 Å². The van der Waals surface area contributed by atoms with Gasteiger partial charge in [0.2, 0.25) is 9.05 Å². The van der Waals surface area contributed by atoms with E-state index >= 15 is 0 Å². The summed E-state index contributed by atoms with van der Waals surface area (Å²) in [4.78, 5) is 0. The fourth-order valence-corrected chi connectivity index (χ4v) is 1.33. The summed E-state index contributed by atoms with van der Waals surface area (Å²) in [6.45, 7) is 0. The molecule has 1 heterocycles. The van der Waals surface area contributed by atoms with Crippen molar-refractivity contribution < 1.29 is 12.9 Å². The monoisotopic (exact) mass is 181 g/mol. The van der Waals surface area contributed by atoms with Gasteiger partial charge in [-0.05, 0) is 0 Å². The zero-order valence-electron chi connectivity index (χ0n) is 4.82. The second-order valence-corrected chi connectivity index (χ2v) is 4.45. The van der Waals surface area contributed by atoms with Crippen LogP contribution in [0, 0.1) is 0 Å². The van der Waals surface area contributed by atoms with E-state index in [1.807, 2.05) is 0 Å². The van der Waals surface area contributed by atoms with E-state index in [1.54, 1.807) is 0 Å². The van der Waals surface area contributed by atoms with Gasteiger partial charge in [0.05, 0.1) is 5.69 Å². The van der Waals surface area contributed by atoms with E-state index in [0.717, 1.165) is 0 Å². The molecule has 10 heavy (non-hydrogen) atoms. The fraction of sp³-hybridized carbons (Fsp3) is 0.250. The largest absolute Gasteiger partial charge is 0.364 e. The summed E-state index contributed by atoms with van der Waals surface area (Å²) >= 11 is 0. The van der Waals surface area contributed by atoms with Crippen molar-refractivity contribution in [1.29, 1.82) is 0 Å². The maximum absolute atomic E-state index is 10.4. The summed E-state index contributed by atoms with van der Waals surface area (Å²) in [6, 6.07) is 1.44. The Morgan fingerprint density at radius 2 is 2.40 bits per heavy atom. The van der Waals surface area contributed by atoms with Crippen molar-refractivity contribution in [3.8, 4) is 0 Å². The number of halogens is 1. The third-order valence-electron chi connectivity index (χ3n) is 0.812. The zero-order valence-corrected chi connectivity index (χ0v) is 6.39. The van der Waals surface area contributed by atoms with E-state index in [2.05, 4.69) is 9.68 Å². The summed E-state index contributed by atoms with van der Waals surface area (Å²) in [7, 11) is 1.42. The minimum absolute atomic E-state index is 0.287. The van der Waals surface area contributed by atoms with Crippen LogP contribution in [-0.4, -0.2) is 13.6 Å². The molecule has 56 valence electrons. The SMILES string of the molecule is O=S(=O)(Cl)Cc1ccon1. The van der Waals surface area contributed by atoms with Crippen molar-refractivity contribution in [2.24, 2.45) is 0 Å². The molecule has 1 aromatic rings. The molecule has 1 rings (SSSR count). The van der Waals surface area contributed by atoms with Crippen molar-refractivity contribution in [3.05, 3.63) is 18.0 Å². The lowest BCUT2D eigenvalue weighted by molar-refractivity contribution is 0.414. The second kappa shape index (κ2) is 2.59. The maximum atomic E-state index is 10.4. The Morgan fingerprint density at radius 1 is 1.70 bits per heavy atom. The van der Waals surface area contributed by atoms with E-state index in [1.165, 1.54) is 12.3 Å². The molecule has 6 heteroatoms. The molecular weight excluding hydrogens is 178 g/mol. The zero-order chi connectivity index (χ0) is 7.61. The Bertz CT molecular complexity index is 290. The molecule has 0 aliphatic carbocycles. The molecule has 0 radical (unpaired) electrons. The average molecular weight is 182 g/mol. The van der Waals surface area contributed by atoms with Crippen molar-refractivity contribution in [2.75, 3.05) is 0 Å².